The van der Waals surface area contributed by atoms with Gasteiger partial charge in [-0.25, -0.2) is 0 Å². The van der Waals surface area contributed by atoms with Gasteiger partial charge in [-0.2, -0.15) is 5.84 Å². The molecule has 0 bridgehead atoms. The number of hydrogen-bond acceptors (Lipinski definition) is 6. The van der Waals surface area contributed by atoms with Crippen LogP contribution >= 0.6 is 0 Å². The van der Waals surface area contributed by atoms with Crippen LogP contribution in [0.2, 0.25) is 0 Å². The molecule has 9 nitrogen and oxygen atoms in total. The van der Waals surface area contributed by atoms with Crippen molar-refractivity contribution < 1.29 is 19.7 Å². The highest BCUT2D eigenvalue weighted by Crippen LogP contribution is 1.78. The lowest BCUT2D eigenvalue weighted by Crippen LogP contribution is -2.11. The predicted octanol–water partition coefficient (Wildman–Crippen LogP) is -1.08. The largest absolute Gasteiger partial charge is 0.569 e. The molecule has 10 heavy (non-hydrogen) atoms. The average Bonchev–Trinajstić information content (AvgIpc) is 1.79. The molecule has 0 spiro atoms. The average molecular weight is 152 g/mol. The van der Waals surface area contributed by atoms with E-state index >= 15 is 0 Å². The van der Waals surface area contributed by atoms with E-state index in [1.807, 2.05) is 0 Å². The van der Waals surface area contributed by atoms with E-state index in [1.165, 1.54) is 0 Å². The van der Waals surface area contributed by atoms with Gasteiger partial charge in [0.15, 0.2) is 0 Å². The minimum absolute atomic E-state index is 0.399. The monoisotopic (exact) mass is 152 g/mol. The van der Waals surface area contributed by atoms with Crippen LogP contribution in [-0.2, 0) is 9.68 Å². The number of nitrogens with zero attached hydrogens (tertiary/aromatic N) is 3. The normalized spacial score (nSPS) is 10.6. The van der Waals surface area contributed by atoms with Gasteiger partial charge in [-0.15, -0.1) is 10.1 Å². The third-order valence-electron chi connectivity index (χ3n) is 0.349. The predicted molar refractivity (Wildman–Crippen MR) is 24.3 cm³/mol. The smallest absolute Gasteiger partial charge is 0.298 e. The van der Waals surface area contributed by atoms with E-state index in [4.69, 9.17) is 0 Å². The summed E-state index contributed by atoms with van der Waals surface area (Å²) in [5.41, 5.74) is 0. The Morgan fingerprint density at radius 3 is 2.60 bits per heavy atom. The summed E-state index contributed by atoms with van der Waals surface area (Å²) in [4.78, 5) is 16.4. The third-order valence-corrected chi connectivity index (χ3v) is 0.349. The van der Waals surface area contributed by atoms with Gasteiger partial charge in [-0.1, -0.05) is 0 Å². The van der Waals surface area contributed by atoms with Crippen molar-refractivity contribution in [2.45, 2.75) is 0 Å². The zero-order valence-corrected chi connectivity index (χ0v) is 4.67. The fourth-order valence-electron chi connectivity index (χ4n) is 0.147. The molecule has 0 aliphatic rings. The van der Waals surface area contributed by atoms with E-state index in [0.29, 0.717) is 0 Å². The van der Waals surface area contributed by atoms with Gasteiger partial charge in [-0.05, 0) is 0 Å². The quantitative estimate of drug-likeness (QED) is 0.104. The van der Waals surface area contributed by atoms with Crippen LogP contribution in [0.4, 0.5) is 0 Å². The van der Waals surface area contributed by atoms with Crippen molar-refractivity contribution >= 4 is 0 Å². The van der Waals surface area contributed by atoms with Crippen LogP contribution in [0.5, 0.6) is 0 Å². The lowest BCUT2D eigenvalue weighted by atomic mass is 11.5. The van der Waals surface area contributed by atoms with E-state index in [0.717, 1.165) is 0 Å². The van der Waals surface area contributed by atoms with Crippen LogP contribution in [-0.4, -0.2) is 16.8 Å². The van der Waals surface area contributed by atoms with Crippen LogP contribution in [0.1, 0.15) is 0 Å². The molecule has 2 N–H and O–H groups in total. The maximum absolute atomic E-state index is 9.67. The molecule has 0 saturated heterocycles. The molecule has 0 unspecified atom stereocenters. The number of rotatable bonds is 4. The number of nitrogens with two attached hydrogens (primary N) is 1. The summed E-state index contributed by atoms with van der Waals surface area (Å²) in [6.07, 6.45) is 0. The van der Waals surface area contributed by atoms with Gasteiger partial charge < -0.3 is 10.0 Å². The zero-order chi connectivity index (χ0) is 7.98. The molecule has 0 aromatic rings. The first-order valence-corrected chi connectivity index (χ1v) is 1.95. The van der Waals surface area contributed by atoms with Gasteiger partial charge in [0.2, 0.25) is 5.28 Å². The molecule has 0 saturated carbocycles. The maximum atomic E-state index is 9.67. The van der Waals surface area contributed by atoms with Crippen LogP contribution in [0, 0.1) is 15.3 Å². The molecule has 0 rings (SSSR count). The summed E-state index contributed by atoms with van der Waals surface area (Å²) in [5, 5.41) is 20.5. The highest BCUT2D eigenvalue weighted by Gasteiger charge is 1.93. The zero-order valence-electron chi connectivity index (χ0n) is 4.67. The first-order chi connectivity index (χ1) is 4.63. The van der Waals surface area contributed by atoms with Crippen molar-refractivity contribution in [2.75, 3.05) is 6.79 Å². The van der Waals surface area contributed by atoms with Crippen molar-refractivity contribution in [3.05, 3.63) is 15.3 Å². The van der Waals surface area contributed by atoms with E-state index < -0.39 is 16.8 Å². The Morgan fingerprint density at radius 1 is 1.60 bits per heavy atom. The van der Waals surface area contributed by atoms with Gasteiger partial charge in [0, 0.05) is 0 Å². The van der Waals surface area contributed by atoms with Gasteiger partial charge in [-0.3, -0.25) is 4.84 Å². The Labute approximate surface area is 54.2 Å². The van der Waals surface area contributed by atoms with Crippen molar-refractivity contribution in [1.29, 1.82) is 0 Å². The molecule has 0 amide bonds. The number of hydrazine groups is 1. The van der Waals surface area contributed by atoms with Crippen LogP contribution < -0.4 is 5.84 Å². The third kappa shape index (κ3) is 6.20. The van der Waals surface area contributed by atoms with E-state index in [-0.39, 0.29) is 0 Å². The molecule has 0 aliphatic carbocycles. The lowest BCUT2D eigenvalue weighted by Gasteiger charge is -1.92. The molecule has 0 fully saturated rings. The number of hydrogen-bond donors (Lipinski definition) is 1. The summed E-state index contributed by atoms with van der Waals surface area (Å²) >= 11 is 0. The van der Waals surface area contributed by atoms with Gasteiger partial charge in [0.25, 0.3) is 11.9 Å². The van der Waals surface area contributed by atoms with Crippen molar-refractivity contribution in [2.24, 2.45) is 11.1 Å². The second kappa shape index (κ2) is 4.12. The molecular formula is CH4N4O5. The Morgan fingerprint density at radius 2 is 2.20 bits per heavy atom. The Bertz CT molecular complexity index is 139. The Kier molecular flexibility index (Phi) is 3.38. The van der Waals surface area contributed by atoms with Crippen molar-refractivity contribution in [1.82, 2.24) is 0 Å². The lowest BCUT2D eigenvalue weighted by molar-refractivity contribution is -0.769. The fraction of sp³-hybridized carbons (Fsp3) is 1.00. The summed E-state index contributed by atoms with van der Waals surface area (Å²) in [6, 6.07) is 0. The van der Waals surface area contributed by atoms with Crippen LogP contribution in [0.25, 0.3) is 0 Å². The molecule has 0 aliphatic heterocycles. The summed E-state index contributed by atoms with van der Waals surface area (Å²) < 4.78 is 0. The second-order valence-electron chi connectivity index (χ2n) is 0.984. The summed E-state index contributed by atoms with van der Waals surface area (Å²) in [5.74, 6) is 4.37. The van der Waals surface area contributed by atoms with E-state index in [2.05, 4.69) is 20.8 Å². The van der Waals surface area contributed by atoms with Crippen LogP contribution in [0.3, 0.4) is 0 Å². The molecule has 9 heteroatoms. The van der Waals surface area contributed by atoms with Gasteiger partial charge in [0.05, 0.1) is 4.97 Å². The fourth-order valence-corrected chi connectivity index (χ4v) is 0.147. The molecule has 0 heterocycles. The minimum atomic E-state index is -1.10. The standard InChI is InChI=1S/CH4N4O5/c2-4(6)3-9-1-10-5(7)8/h1H2,(H2,2,3). The second-order valence-corrected chi connectivity index (χ2v) is 0.984. The van der Waals surface area contributed by atoms with Crippen LogP contribution in [0.15, 0.2) is 5.28 Å². The molecule has 58 valence electrons. The van der Waals surface area contributed by atoms with Gasteiger partial charge in [0.1, 0.15) is 0 Å². The summed E-state index contributed by atoms with van der Waals surface area (Å²) in [6.45, 7) is -0.761. The first kappa shape index (κ1) is 8.20. The van der Waals surface area contributed by atoms with Crippen molar-refractivity contribution in [3.8, 4) is 0 Å². The Hall–Kier alpha value is -1.80. The molecule has 0 radical (unpaired) electrons. The highest BCUT2D eigenvalue weighted by molar-refractivity contribution is 3.91. The topological polar surface area (TPSA) is 126 Å². The molecule has 0 aromatic heterocycles. The highest BCUT2D eigenvalue weighted by atomic mass is 17.0. The van der Waals surface area contributed by atoms with E-state index in [9.17, 15) is 15.3 Å². The first-order valence-electron chi connectivity index (χ1n) is 1.95. The summed E-state index contributed by atoms with van der Waals surface area (Å²) in [7, 11) is 0. The molecule has 0 aromatic carbocycles. The Balaban J connectivity index is 3.21. The van der Waals surface area contributed by atoms with E-state index in [1.54, 1.807) is 0 Å². The minimum Gasteiger partial charge on any atom is -0.569 e. The van der Waals surface area contributed by atoms with Gasteiger partial charge >= 0.3 is 0 Å². The molecule has 0 atom stereocenters. The maximum Gasteiger partial charge on any atom is 0.298 e. The molecular weight excluding hydrogens is 148 g/mol. The SMILES string of the molecule is N[N+]([O-])=NOCO[N+](=O)[O-]. The van der Waals surface area contributed by atoms with Crippen molar-refractivity contribution in [3.63, 3.8) is 0 Å².